The first kappa shape index (κ1) is 15.5. The summed E-state index contributed by atoms with van der Waals surface area (Å²) in [6.45, 7) is 3.84. The molecule has 0 spiro atoms. The standard InChI is InChI=1S/C16H21N3O2/c1-12-10-19(9-7-15(12)20)11-16(21)18-14-4-2-13(3-5-14)6-8-17/h2-5,12,15,20H,6-7,9-11H2,1H3,(H,18,21). The number of likely N-dealkylation sites (tertiary alicyclic amines) is 1. The molecule has 1 saturated heterocycles. The topological polar surface area (TPSA) is 76.4 Å². The lowest BCUT2D eigenvalue weighted by atomic mass is 9.97. The number of aliphatic hydroxyl groups excluding tert-OH is 1. The first-order chi connectivity index (χ1) is 10.1. The average Bonchev–Trinajstić information content (AvgIpc) is 2.45. The predicted molar refractivity (Wildman–Crippen MR) is 80.6 cm³/mol. The van der Waals surface area contributed by atoms with Crippen molar-refractivity contribution in [1.29, 1.82) is 5.26 Å². The number of carbonyl (C=O) groups excluding carboxylic acids is 1. The minimum absolute atomic E-state index is 0.0494. The van der Waals surface area contributed by atoms with Gasteiger partial charge >= 0.3 is 0 Å². The summed E-state index contributed by atoms with van der Waals surface area (Å²) in [5, 5.41) is 21.2. The molecule has 112 valence electrons. The second-order valence-corrected chi connectivity index (χ2v) is 5.65. The third-order valence-corrected chi connectivity index (χ3v) is 3.83. The number of benzene rings is 1. The van der Waals surface area contributed by atoms with Crippen molar-refractivity contribution in [2.75, 3.05) is 25.0 Å². The van der Waals surface area contributed by atoms with Crippen molar-refractivity contribution in [3.63, 3.8) is 0 Å². The van der Waals surface area contributed by atoms with E-state index < -0.39 is 0 Å². The summed E-state index contributed by atoms with van der Waals surface area (Å²) < 4.78 is 0. The van der Waals surface area contributed by atoms with Crippen LogP contribution in [0.1, 0.15) is 18.9 Å². The molecule has 1 heterocycles. The Bertz CT molecular complexity index is 521. The zero-order chi connectivity index (χ0) is 15.2. The Kier molecular flexibility index (Phi) is 5.32. The summed E-state index contributed by atoms with van der Waals surface area (Å²) >= 11 is 0. The maximum atomic E-state index is 12.0. The molecule has 2 unspecified atom stereocenters. The lowest BCUT2D eigenvalue weighted by molar-refractivity contribution is -0.118. The molecule has 1 aliphatic heterocycles. The molecular formula is C16H21N3O2. The number of piperidine rings is 1. The van der Waals surface area contributed by atoms with Gasteiger partial charge in [0.15, 0.2) is 0 Å². The molecule has 5 nitrogen and oxygen atoms in total. The summed E-state index contributed by atoms with van der Waals surface area (Å²) in [6.07, 6.45) is 0.844. The van der Waals surface area contributed by atoms with Crippen LogP contribution in [0, 0.1) is 17.2 Å². The van der Waals surface area contributed by atoms with E-state index in [4.69, 9.17) is 5.26 Å². The number of carbonyl (C=O) groups is 1. The molecule has 2 N–H and O–H groups in total. The molecule has 1 fully saturated rings. The zero-order valence-electron chi connectivity index (χ0n) is 12.2. The van der Waals surface area contributed by atoms with Gasteiger partial charge in [-0.15, -0.1) is 0 Å². The molecule has 21 heavy (non-hydrogen) atoms. The van der Waals surface area contributed by atoms with Gasteiger partial charge in [0, 0.05) is 18.8 Å². The fourth-order valence-electron chi connectivity index (χ4n) is 2.56. The lowest BCUT2D eigenvalue weighted by Gasteiger charge is -2.33. The lowest BCUT2D eigenvalue weighted by Crippen LogP contribution is -2.45. The Hall–Kier alpha value is -1.90. The highest BCUT2D eigenvalue weighted by molar-refractivity contribution is 5.92. The fourth-order valence-corrected chi connectivity index (χ4v) is 2.56. The molecule has 0 aromatic heterocycles. The summed E-state index contributed by atoms with van der Waals surface area (Å²) in [5.41, 5.74) is 1.68. The van der Waals surface area contributed by atoms with Crippen LogP contribution in [0.2, 0.25) is 0 Å². The van der Waals surface area contributed by atoms with E-state index in [2.05, 4.69) is 16.3 Å². The monoisotopic (exact) mass is 287 g/mol. The van der Waals surface area contributed by atoms with E-state index in [0.29, 0.717) is 13.0 Å². The predicted octanol–water partition coefficient (Wildman–Crippen LogP) is 1.39. The maximum absolute atomic E-state index is 12.0. The van der Waals surface area contributed by atoms with E-state index in [1.165, 1.54) is 0 Å². The summed E-state index contributed by atoms with van der Waals surface area (Å²) in [6, 6.07) is 9.41. The highest BCUT2D eigenvalue weighted by atomic mass is 16.3. The van der Waals surface area contributed by atoms with Gasteiger partial charge in [0.25, 0.3) is 0 Å². The van der Waals surface area contributed by atoms with Crippen molar-refractivity contribution in [3.05, 3.63) is 29.8 Å². The summed E-state index contributed by atoms with van der Waals surface area (Å²) in [7, 11) is 0. The molecule has 1 aliphatic rings. The molecule has 0 aliphatic carbocycles. The Balaban J connectivity index is 1.83. The summed E-state index contributed by atoms with van der Waals surface area (Å²) in [4.78, 5) is 14.1. The molecule has 0 saturated carbocycles. The van der Waals surface area contributed by atoms with Gasteiger partial charge in [0.1, 0.15) is 0 Å². The molecule has 0 radical (unpaired) electrons. The number of nitrogens with zero attached hydrogens (tertiary/aromatic N) is 2. The number of aliphatic hydroxyl groups is 1. The Morgan fingerprint density at radius 2 is 2.19 bits per heavy atom. The van der Waals surface area contributed by atoms with Gasteiger partial charge in [0.05, 0.1) is 25.1 Å². The van der Waals surface area contributed by atoms with Crippen LogP contribution in [-0.2, 0) is 11.2 Å². The van der Waals surface area contributed by atoms with Gasteiger partial charge in [-0.05, 0) is 30.0 Å². The van der Waals surface area contributed by atoms with Gasteiger partial charge in [-0.3, -0.25) is 9.69 Å². The van der Waals surface area contributed by atoms with Crippen LogP contribution in [0.3, 0.4) is 0 Å². The normalized spacial score (nSPS) is 22.5. The number of anilines is 1. The number of amides is 1. The molecule has 2 rings (SSSR count). The zero-order valence-corrected chi connectivity index (χ0v) is 12.2. The van der Waals surface area contributed by atoms with Crippen LogP contribution in [0.25, 0.3) is 0 Å². The van der Waals surface area contributed by atoms with Crippen molar-refractivity contribution in [3.8, 4) is 6.07 Å². The van der Waals surface area contributed by atoms with Crippen LogP contribution < -0.4 is 5.32 Å². The van der Waals surface area contributed by atoms with Gasteiger partial charge in [-0.2, -0.15) is 5.26 Å². The van der Waals surface area contributed by atoms with Crippen LogP contribution in [-0.4, -0.2) is 41.7 Å². The van der Waals surface area contributed by atoms with E-state index in [1.807, 2.05) is 31.2 Å². The average molecular weight is 287 g/mol. The van der Waals surface area contributed by atoms with Crippen LogP contribution in [0.15, 0.2) is 24.3 Å². The number of hydrogen-bond acceptors (Lipinski definition) is 4. The second-order valence-electron chi connectivity index (χ2n) is 5.65. The smallest absolute Gasteiger partial charge is 0.238 e. The highest BCUT2D eigenvalue weighted by Crippen LogP contribution is 2.16. The number of rotatable bonds is 4. The van der Waals surface area contributed by atoms with Crippen molar-refractivity contribution in [1.82, 2.24) is 4.90 Å². The van der Waals surface area contributed by atoms with E-state index in [1.54, 1.807) is 0 Å². The second kappa shape index (κ2) is 7.21. The van der Waals surface area contributed by atoms with Gasteiger partial charge in [0.2, 0.25) is 5.91 Å². The molecule has 0 bridgehead atoms. The van der Waals surface area contributed by atoms with Crippen molar-refractivity contribution in [2.45, 2.75) is 25.9 Å². The third-order valence-electron chi connectivity index (χ3n) is 3.83. The van der Waals surface area contributed by atoms with Crippen LogP contribution >= 0.6 is 0 Å². The molecule has 1 aromatic carbocycles. The van der Waals surface area contributed by atoms with Crippen molar-refractivity contribution < 1.29 is 9.90 Å². The van der Waals surface area contributed by atoms with Crippen LogP contribution in [0.4, 0.5) is 5.69 Å². The summed E-state index contributed by atoms with van der Waals surface area (Å²) in [5.74, 6) is 0.156. The third kappa shape index (κ3) is 4.55. The van der Waals surface area contributed by atoms with Crippen molar-refractivity contribution in [2.24, 2.45) is 5.92 Å². The Labute approximate surface area is 125 Å². The Morgan fingerprint density at radius 1 is 1.48 bits per heavy atom. The van der Waals surface area contributed by atoms with E-state index in [0.717, 1.165) is 30.8 Å². The molecule has 1 aromatic rings. The first-order valence-corrected chi connectivity index (χ1v) is 7.24. The first-order valence-electron chi connectivity index (χ1n) is 7.24. The van der Waals surface area contributed by atoms with Gasteiger partial charge in [-0.1, -0.05) is 19.1 Å². The van der Waals surface area contributed by atoms with E-state index in [-0.39, 0.29) is 17.9 Å². The number of nitrogens with one attached hydrogen (secondary N) is 1. The fraction of sp³-hybridized carbons (Fsp3) is 0.500. The quantitative estimate of drug-likeness (QED) is 0.877. The number of hydrogen-bond donors (Lipinski definition) is 2. The maximum Gasteiger partial charge on any atom is 0.238 e. The highest BCUT2D eigenvalue weighted by Gasteiger charge is 2.25. The molecular weight excluding hydrogens is 266 g/mol. The SMILES string of the molecule is CC1CN(CC(=O)Nc2ccc(CC#N)cc2)CCC1O. The minimum atomic E-state index is -0.253. The Morgan fingerprint density at radius 3 is 2.81 bits per heavy atom. The van der Waals surface area contributed by atoms with Crippen molar-refractivity contribution >= 4 is 11.6 Å². The minimum Gasteiger partial charge on any atom is -0.393 e. The van der Waals surface area contributed by atoms with E-state index >= 15 is 0 Å². The number of nitriles is 1. The molecule has 1 amide bonds. The van der Waals surface area contributed by atoms with E-state index in [9.17, 15) is 9.90 Å². The molecule has 5 heteroatoms. The largest absolute Gasteiger partial charge is 0.393 e. The van der Waals surface area contributed by atoms with Gasteiger partial charge < -0.3 is 10.4 Å². The van der Waals surface area contributed by atoms with Gasteiger partial charge in [-0.25, -0.2) is 0 Å². The molecule has 2 atom stereocenters. The van der Waals surface area contributed by atoms with Crippen LogP contribution in [0.5, 0.6) is 0 Å².